The van der Waals surface area contributed by atoms with Gasteiger partial charge in [0.15, 0.2) is 0 Å². The Balaban J connectivity index is 1.91. The van der Waals surface area contributed by atoms with Crippen molar-refractivity contribution in [3.05, 3.63) is 34.9 Å². The van der Waals surface area contributed by atoms with Crippen molar-refractivity contribution in [2.24, 2.45) is 34.0 Å². The minimum absolute atomic E-state index is 0.106. The van der Waals surface area contributed by atoms with Crippen molar-refractivity contribution in [1.82, 2.24) is 0 Å². The summed E-state index contributed by atoms with van der Waals surface area (Å²) in [5, 5.41) is 18.6. The van der Waals surface area contributed by atoms with E-state index in [4.69, 9.17) is 5.11 Å². The van der Waals surface area contributed by atoms with Crippen molar-refractivity contribution in [2.75, 3.05) is 0 Å². The molecule has 0 saturated heterocycles. The second-order valence-electron chi connectivity index (χ2n) is 12.3. The molecule has 0 aromatic rings. The summed E-state index contributed by atoms with van der Waals surface area (Å²) in [5.74, 6) is 0.0180. The summed E-state index contributed by atoms with van der Waals surface area (Å²) in [6.07, 6.45) is 11.5. The molecule has 3 aliphatic carbocycles. The lowest BCUT2D eigenvalue weighted by Gasteiger charge is -2.57. The molecule has 6 atom stereocenters. The Bertz CT molecular complexity index is 911. The highest BCUT2D eigenvalue weighted by Gasteiger charge is 2.61. The fourth-order valence-electron chi connectivity index (χ4n) is 8.40. The molecule has 0 radical (unpaired) electrons. The number of carboxylic acid groups (broad SMARTS) is 2. The topological polar surface area (TPSA) is 74.6 Å². The highest BCUT2D eigenvalue weighted by Crippen LogP contribution is 2.71. The molecule has 34 heavy (non-hydrogen) atoms. The summed E-state index contributed by atoms with van der Waals surface area (Å²) >= 11 is 0. The maximum absolute atomic E-state index is 11.5. The molecule has 1 fully saturated rings. The normalized spacial score (nSPS) is 36.6. The molecule has 0 bridgehead atoms. The van der Waals surface area contributed by atoms with E-state index in [2.05, 4.69) is 41.2 Å². The Kier molecular flexibility index (Phi) is 7.60. The van der Waals surface area contributed by atoms with Crippen LogP contribution in [0.2, 0.25) is 0 Å². The quantitative estimate of drug-likeness (QED) is 0.266. The van der Waals surface area contributed by atoms with E-state index in [9.17, 15) is 14.7 Å². The highest BCUT2D eigenvalue weighted by molar-refractivity contribution is 5.85. The van der Waals surface area contributed by atoms with Gasteiger partial charge >= 0.3 is 11.9 Å². The van der Waals surface area contributed by atoms with Gasteiger partial charge in [-0.1, -0.05) is 57.1 Å². The molecule has 3 rings (SSSR count). The highest BCUT2D eigenvalue weighted by atomic mass is 16.4. The average molecular weight is 471 g/mol. The van der Waals surface area contributed by atoms with E-state index in [1.165, 1.54) is 18.4 Å². The number of aliphatic carboxylic acids is 2. The fraction of sp³-hybridized carbons (Fsp3) is 0.733. The van der Waals surface area contributed by atoms with Crippen LogP contribution in [0.5, 0.6) is 0 Å². The van der Waals surface area contributed by atoms with Gasteiger partial charge in [0.25, 0.3) is 0 Å². The number of allylic oxidation sites excluding steroid dienone is 4. The van der Waals surface area contributed by atoms with Crippen LogP contribution in [-0.2, 0) is 9.59 Å². The molecular weight excluding hydrogens is 424 g/mol. The molecule has 0 aromatic carbocycles. The van der Waals surface area contributed by atoms with Crippen LogP contribution in [0, 0.1) is 34.0 Å². The van der Waals surface area contributed by atoms with Gasteiger partial charge in [0.2, 0.25) is 0 Å². The molecule has 190 valence electrons. The molecule has 0 spiro atoms. The summed E-state index contributed by atoms with van der Waals surface area (Å²) in [6, 6.07) is 0. The van der Waals surface area contributed by atoms with Gasteiger partial charge in [-0.05, 0) is 106 Å². The molecule has 0 amide bonds. The van der Waals surface area contributed by atoms with Crippen molar-refractivity contribution >= 4 is 11.9 Å². The van der Waals surface area contributed by atoms with Gasteiger partial charge in [0.1, 0.15) is 0 Å². The SMILES string of the molecule is C=C(C)[C@@H]1CCC2=C(CC[C@]3(C)[C@@H]([C@H](C)CCC=C(C)C(=O)O)CC[C@@]23C)[C@@]1(C)CCC(=O)O. The first kappa shape index (κ1) is 26.8. The first-order valence-electron chi connectivity index (χ1n) is 13.3. The Morgan fingerprint density at radius 1 is 1.09 bits per heavy atom. The Morgan fingerprint density at radius 3 is 2.35 bits per heavy atom. The van der Waals surface area contributed by atoms with Crippen molar-refractivity contribution < 1.29 is 19.8 Å². The van der Waals surface area contributed by atoms with E-state index in [0.29, 0.717) is 29.7 Å². The summed E-state index contributed by atoms with van der Waals surface area (Å²) < 4.78 is 0. The molecule has 2 N–H and O–H groups in total. The predicted octanol–water partition coefficient (Wildman–Crippen LogP) is 7.80. The van der Waals surface area contributed by atoms with Gasteiger partial charge in [-0.2, -0.15) is 0 Å². The third-order valence-corrected chi connectivity index (χ3v) is 10.7. The average Bonchev–Trinajstić information content (AvgIpc) is 3.03. The molecular formula is C30H46O4. The van der Waals surface area contributed by atoms with Gasteiger partial charge in [0.05, 0.1) is 0 Å². The van der Waals surface area contributed by atoms with Gasteiger partial charge in [0, 0.05) is 12.0 Å². The first-order chi connectivity index (χ1) is 15.8. The van der Waals surface area contributed by atoms with Crippen molar-refractivity contribution in [1.29, 1.82) is 0 Å². The number of carboxylic acids is 2. The summed E-state index contributed by atoms with van der Waals surface area (Å²) in [7, 11) is 0. The Morgan fingerprint density at radius 2 is 1.76 bits per heavy atom. The monoisotopic (exact) mass is 470 g/mol. The number of rotatable bonds is 9. The van der Waals surface area contributed by atoms with Crippen LogP contribution in [0.25, 0.3) is 0 Å². The summed E-state index contributed by atoms with van der Waals surface area (Å²) in [6.45, 7) is 17.8. The van der Waals surface area contributed by atoms with Gasteiger partial charge in [-0.3, -0.25) is 4.79 Å². The van der Waals surface area contributed by atoms with Crippen molar-refractivity contribution in [2.45, 2.75) is 106 Å². The number of carbonyl (C=O) groups is 2. The number of fused-ring (bicyclic) bond motifs is 2. The number of hydrogen-bond acceptors (Lipinski definition) is 2. The van der Waals surface area contributed by atoms with Crippen molar-refractivity contribution in [3.8, 4) is 0 Å². The van der Waals surface area contributed by atoms with Gasteiger partial charge in [-0.15, -0.1) is 0 Å². The molecule has 0 aliphatic heterocycles. The smallest absolute Gasteiger partial charge is 0.330 e. The zero-order chi connectivity index (χ0) is 25.5. The molecule has 1 saturated carbocycles. The molecule has 4 nitrogen and oxygen atoms in total. The molecule has 0 aromatic heterocycles. The van der Waals surface area contributed by atoms with E-state index in [-0.39, 0.29) is 22.7 Å². The zero-order valence-corrected chi connectivity index (χ0v) is 22.3. The number of hydrogen-bond donors (Lipinski definition) is 2. The van der Waals surface area contributed by atoms with Gasteiger partial charge in [-0.25, -0.2) is 4.79 Å². The van der Waals surface area contributed by atoms with Crippen LogP contribution in [0.15, 0.2) is 34.9 Å². The maximum atomic E-state index is 11.5. The Labute approximate surface area is 206 Å². The molecule has 4 heteroatoms. The first-order valence-corrected chi connectivity index (χ1v) is 13.3. The van der Waals surface area contributed by atoms with Crippen LogP contribution in [0.1, 0.15) is 106 Å². The van der Waals surface area contributed by atoms with Crippen LogP contribution in [0.3, 0.4) is 0 Å². The minimum atomic E-state index is -0.823. The van der Waals surface area contributed by atoms with Crippen LogP contribution in [-0.4, -0.2) is 22.2 Å². The van der Waals surface area contributed by atoms with Crippen molar-refractivity contribution in [3.63, 3.8) is 0 Å². The largest absolute Gasteiger partial charge is 0.481 e. The van der Waals surface area contributed by atoms with E-state index in [1.54, 1.807) is 18.1 Å². The zero-order valence-electron chi connectivity index (χ0n) is 22.3. The van der Waals surface area contributed by atoms with Crippen LogP contribution >= 0.6 is 0 Å². The second kappa shape index (κ2) is 9.66. The van der Waals surface area contributed by atoms with E-state index < -0.39 is 11.9 Å². The molecule has 0 unspecified atom stereocenters. The maximum Gasteiger partial charge on any atom is 0.330 e. The molecule has 0 heterocycles. The third-order valence-electron chi connectivity index (χ3n) is 10.7. The van der Waals surface area contributed by atoms with E-state index in [0.717, 1.165) is 38.5 Å². The minimum Gasteiger partial charge on any atom is -0.481 e. The van der Waals surface area contributed by atoms with E-state index >= 15 is 0 Å². The lowest BCUT2D eigenvalue weighted by Crippen LogP contribution is -2.48. The Hall–Kier alpha value is -1.84. The van der Waals surface area contributed by atoms with Crippen LogP contribution < -0.4 is 0 Å². The van der Waals surface area contributed by atoms with Crippen LogP contribution in [0.4, 0.5) is 0 Å². The lowest BCUT2D eigenvalue weighted by molar-refractivity contribution is -0.137. The summed E-state index contributed by atoms with van der Waals surface area (Å²) in [4.78, 5) is 22.7. The standard InChI is InChI=1S/C30H46O4/c1-19(2)22-11-12-25-24(28(22,5)16-15-26(31)32)14-18-29(6)23(13-17-30(25,29)7)20(3)9-8-10-21(4)27(33)34/h10,20,22-23H,1,8-9,11-18H2,2-7H3,(H,31,32)(H,33,34)/t20-,22+,23-,28+,29-,30+/m1/s1. The third kappa shape index (κ3) is 4.42. The molecule has 3 aliphatic rings. The summed E-state index contributed by atoms with van der Waals surface area (Å²) in [5.41, 5.74) is 5.13. The van der Waals surface area contributed by atoms with E-state index in [1.807, 2.05) is 6.08 Å². The van der Waals surface area contributed by atoms with Gasteiger partial charge < -0.3 is 10.2 Å². The second-order valence-corrected chi connectivity index (χ2v) is 12.3. The fourth-order valence-corrected chi connectivity index (χ4v) is 8.40. The predicted molar refractivity (Wildman–Crippen MR) is 138 cm³/mol. The lowest BCUT2D eigenvalue weighted by atomic mass is 9.47.